The zero-order chi connectivity index (χ0) is 14.5. The van der Waals surface area contributed by atoms with Crippen molar-refractivity contribution in [3.8, 4) is 0 Å². The molecule has 0 radical (unpaired) electrons. The van der Waals surface area contributed by atoms with Crippen molar-refractivity contribution in [1.82, 2.24) is 9.97 Å². The summed E-state index contributed by atoms with van der Waals surface area (Å²) < 4.78 is 13.3. The number of halogens is 2. The van der Waals surface area contributed by atoms with E-state index in [-0.39, 0.29) is 0 Å². The Kier molecular flexibility index (Phi) is 5.03. The van der Waals surface area contributed by atoms with Crippen LogP contribution in [-0.2, 0) is 0 Å². The van der Waals surface area contributed by atoms with E-state index in [0.29, 0.717) is 21.7 Å². The minimum absolute atomic E-state index is 0.332. The van der Waals surface area contributed by atoms with Crippen LogP contribution in [0.4, 0.5) is 21.7 Å². The molecule has 1 aromatic carbocycles. The first kappa shape index (κ1) is 14.9. The minimum atomic E-state index is -0.397. The number of hydrogen-bond acceptors (Lipinski definition) is 5. The van der Waals surface area contributed by atoms with Crippen LogP contribution < -0.4 is 10.6 Å². The summed E-state index contributed by atoms with van der Waals surface area (Å²) in [5, 5.41) is 7.12. The van der Waals surface area contributed by atoms with Gasteiger partial charge in [0.05, 0.1) is 0 Å². The number of rotatable bonds is 5. The smallest absolute Gasteiger partial charge is 0.191 e. The van der Waals surface area contributed by atoms with Gasteiger partial charge < -0.3 is 10.6 Å². The van der Waals surface area contributed by atoms with Crippen molar-refractivity contribution in [2.24, 2.45) is 0 Å². The molecule has 0 spiro atoms. The second-order valence-corrected chi connectivity index (χ2v) is 5.15. The number of hydrogen-bond donors (Lipinski definition) is 2. The van der Waals surface area contributed by atoms with E-state index in [9.17, 15) is 4.39 Å². The summed E-state index contributed by atoms with van der Waals surface area (Å²) in [6, 6.07) is 6.02. The molecule has 0 saturated heterocycles. The van der Waals surface area contributed by atoms with Crippen LogP contribution in [0.1, 0.15) is 6.92 Å². The fourth-order valence-electron chi connectivity index (χ4n) is 1.63. The normalized spacial score (nSPS) is 10.4. The Hall–Kier alpha value is -1.53. The van der Waals surface area contributed by atoms with Gasteiger partial charge in [0.2, 0.25) is 0 Å². The Labute approximate surface area is 126 Å². The highest BCUT2D eigenvalue weighted by molar-refractivity contribution is 7.98. The predicted octanol–water partition coefficient (Wildman–Crippen LogP) is 4.17. The lowest BCUT2D eigenvalue weighted by Gasteiger charge is -2.10. The molecule has 0 aliphatic carbocycles. The van der Waals surface area contributed by atoms with Crippen LogP contribution in [0.3, 0.4) is 0 Å². The van der Waals surface area contributed by atoms with Crippen molar-refractivity contribution < 1.29 is 4.39 Å². The van der Waals surface area contributed by atoms with E-state index in [2.05, 4.69) is 20.6 Å². The third-order valence-corrected chi connectivity index (χ3v) is 3.15. The van der Waals surface area contributed by atoms with E-state index in [1.54, 1.807) is 12.1 Å². The molecule has 0 atom stereocenters. The van der Waals surface area contributed by atoms with Gasteiger partial charge in [0.1, 0.15) is 17.5 Å². The number of nitrogens with one attached hydrogen (secondary N) is 2. The van der Waals surface area contributed by atoms with Crippen LogP contribution in [0.15, 0.2) is 29.4 Å². The Bertz CT molecular complexity index is 589. The maximum atomic E-state index is 13.3. The maximum absolute atomic E-state index is 13.3. The summed E-state index contributed by atoms with van der Waals surface area (Å²) in [6.07, 6.45) is 1.90. The molecule has 4 nitrogen and oxygen atoms in total. The summed E-state index contributed by atoms with van der Waals surface area (Å²) in [6.45, 7) is 2.75. The molecule has 106 valence electrons. The van der Waals surface area contributed by atoms with Crippen molar-refractivity contribution in [1.29, 1.82) is 0 Å². The van der Waals surface area contributed by atoms with E-state index < -0.39 is 5.82 Å². The molecule has 0 bridgehead atoms. The highest BCUT2D eigenvalue weighted by Crippen LogP contribution is 2.23. The van der Waals surface area contributed by atoms with Gasteiger partial charge in [-0.15, -0.1) is 0 Å². The molecule has 1 heterocycles. The monoisotopic (exact) mass is 312 g/mol. The third-order valence-electron chi connectivity index (χ3n) is 2.38. The van der Waals surface area contributed by atoms with E-state index >= 15 is 0 Å². The molecular formula is C13H14ClFN4S. The number of aromatic nitrogens is 2. The van der Waals surface area contributed by atoms with E-state index in [4.69, 9.17) is 11.6 Å². The maximum Gasteiger partial charge on any atom is 0.191 e. The Morgan fingerprint density at radius 1 is 1.20 bits per heavy atom. The topological polar surface area (TPSA) is 49.8 Å². The number of benzene rings is 1. The van der Waals surface area contributed by atoms with Crippen molar-refractivity contribution in [3.05, 3.63) is 35.1 Å². The van der Waals surface area contributed by atoms with Gasteiger partial charge in [-0.3, -0.25) is 0 Å². The lowest BCUT2D eigenvalue weighted by Crippen LogP contribution is -2.03. The fourth-order valence-corrected chi connectivity index (χ4v) is 2.23. The SMILES string of the molecule is CCNc1cc(Nc2cc(F)cc(Cl)c2)nc(SC)n1. The summed E-state index contributed by atoms with van der Waals surface area (Å²) in [7, 11) is 0. The quantitative estimate of drug-likeness (QED) is 0.641. The Balaban J connectivity index is 2.29. The van der Waals surface area contributed by atoms with Gasteiger partial charge in [-0.2, -0.15) is 0 Å². The van der Waals surface area contributed by atoms with Crippen LogP contribution >= 0.6 is 23.4 Å². The van der Waals surface area contributed by atoms with Gasteiger partial charge in [0.15, 0.2) is 5.16 Å². The molecule has 20 heavy (non-hydrogen) atoms. The average molecular weight is 313 g/mol. The number of nitrogens with zero attached hydrogens (tertiary/aromatic N) is 2. The van der Waals surface area contributed by atoms with Crippen molar-refractivity contribution in [2.45, 2.75) is 12.1 Å². The zero-order valence-corrected chi connectivity index (χ0v) is 12.6. The minimum Gasteiger partial charge on any atom is -0.370 e. The Morgan fingerprint density at radius 3 is 2.60 bits per heavy atom. The lowest BCUT2D eigenvalue weighted by molar-refractivity contribution is 0.628. The lowest BCUT2D eigenvalue weighted by atomic mass is 10.3. The van der Waals surface area contributed by atoms with E-state index in [1.807, 2.05) is 13.2 Å². The highest BCUT2D eigenvalue weighted by atomic mass is 35.5. The molecule has 1 aromatic heterocycles. The molecule has 0 amide bonds. The van der Waals surface area contributed by atoms with E-state index in [1.165, 1.54) is 23.9 Å². The number of thioether (sulfide) groups is 1. The van der Waals surface area contributed by atoms with Crippen LogP contribution in [-0.4, -0.2) is 22.8 Å². The summed E-state index contributed by atoms with van der Waals surface area (Å²) in [5.41, 5.74) is 0.545. The predicted molar refractivity (Wildman–Crippen MR) is 82.7 cm³/mol. The molecule has 0 aliphatic heterocycles. The second-order valence-electron chi connectivity index (χ2n) is 3.94. The molecule has 2 rings (SSSR count). The summed E-state index contributed by atoms with van der Waals surface area (Å²) in [5.74, 6) is 0.907. The highest BCUT2D eigenvalue weighted by Gasteiger charge is 2.05. The van der Waals surface area contributed by atoms with Crippen LogP contribution in [0.25, 0.3) is 0 Å². The molecule has 0 aliphatic rings. The third kappa shape index (κ3) is 3.98. The molecule has 2 N–H and O–H groups in total. The average Bonchev–Trinajstić information content (AvgIpc) is 2.37. The van der Waals surface area contributed by atoms with Crippen molar-refractivity contribution in [2.75, 3.05) is 23.4 Å². The first-order valence-corrected chi connectivity index (χ1v) is 7.61. The van der Waals surface area contributed by atoms with Gasteiger partial charge in [-0.1, -0.05) is 23.4 Å². The van der Waals surface area contributed by atoms with Crippen molar-refractivity contribution in [3.63, 3.8) is 0 Å². The first-order chi connectivity index (χ1) is 9.60. The van der Waals surface area contributed by atoms with Crippen LogP contribution in [0.5, 0.6) is 0 Å². The zero-order valence-electron chi connectivity index (χ0n) is 11.1. The standard InChI is InChI=1S/C13H14ClFN4S/c1-3-16-11-7-12(19-13(18-11)20-2)17-10-5-8(14)4-9(15)6-10/h4-7H,3H2,1-2H3,(H2,16,17,18,19). The second kappa shape index (κ2) is 6.76. The molecule has 0 unspecified atom stereocenters. The molecule has 0 fully saturated rings. The van der Waals surface area contributed by atoms with Crippen LogP contribution in [0, 0.1) is 5.82 Å². The molecular weight excluding hydrogens is 299 g/mol. The Morgan fingerprint density at radius 2 is 1.95 bits per heavy atom. The first-order valence-electron chi connectivity index (χ1n) is 6.00. The van der Waals surface area contributed by atoms with Crippen molar-refractivity contribution >= 4 is 40.7 Å². The van der Waals surface area contributed by atoms with Gasteiger partial charge >= 0.3 is 0 Å². The fraction of sp³-hybridized carbons (Fsp3) is 0.231. The molecule has 0 saturated carbocycles. The molecule has 7 heteroatoms. The van der Waals surface area contributed by atoms with E-state index in [0.717, 1.165) is 12.4 Å². The van der Waals surface area contributed by atoms with Gasteiger partial charge in [-0.25, -0.2) is 14.4 Å². The largest absolute Gasteiger partial charge is 0.370 e. The van der Waals surface area contributed by atoms with Crippen LogP contribution in [0.2, 0.25) is 5.02 Å². The number of anilines is 3. The van der Waals surface area contributed by atoms with Gasteiger partial charge in [-0.05, 0) is 31.4 Å². The van der Waals surface area contributed by atoms with Gasteiger partial charge in [0, 0.05) is 23.3 Å². The summed E-state index contributed by atoms with van der Waals surface area (Å²) >= 11 is 7.26. The molecule has 2 aromatic rings. The summed E-state index contributed by atoms with van der Waals surface area (Å²) in [4.78, 5) is 8.64. The van der Waals surface area contributed by atoms with Gasteiger partial charge in [0.25, 0.3) is 0 Å².